The van der Waals surface area contributed by atoms with E-state index in [-0.39, 0.29) is 5.53 Å². The van der Waals surface area contributed by atoms with Crippen molar-refractivity contribution in [3.8, 4) is 0 Å². The van der Waals surface area contributed by atoms with Gasteiger partial charge in [-0.2, -0.15) is 0 Å². The number of hydroxylamine groups is 1. The summed E-state index contributed by atoms with van der Waals surface area (Å²) >= 11 is 0. The minimum atomic E-state index is -1.76. The Bertz CT molecular complexity index is 96.7. The van der Waals surface area contributed by atoms with Crippen molar-refractivity contribution in [2.24, 2.45) is 0 Å². The van der Waals surface area contributed by atoms with Gasteiger partial charge in [0.25, 0.3) is 0 Å². The summed E-state index contributed by atoms with van der Waals surface area (Å²) < 4.78 is 0. The van der Waals surface area contributed by atoms with Gasteiger partial charge in [0.1, 0.15) is 0 Å². The molecule has 0 bridgehead atoms. The van der Waals surface area contributed by atoms with E-state index in [1.807, 2.05) is 19.6 Å². The molecule has 0 aliphatic heterocycles. The Hall–Kier alpha value is -0.353. The highest BCUT2D eigenvalue weighted by Gasteiger charge is 2.23. The van der Waals surface area contributed by atoms with Crippen molar-refractivity contribution in [3.05, 3.63) is 0 Å². The molecule has 0 aliphatic rings. The number of rotatable bonds is 1. The molecule has 0 fully saturated rings. The van der Waals surface area contributed by atoms with Crippen LogP contribution in [0.1, 0.15) is 0 Å². The summed E-state index contributed by atoms with van der Waals surface area (Å²) in [5, 5.41) is 8.11. The fourth-order valence-electron chi connectivity index (χ4n) is 0.168. The number of carbonyl (C=O) groups is 1. The van der Waals surface area contributed by atoms with E-state index in [1.54, 1.807) is 5.48 Å². The first-order valence-corrected chi connectivity index (χ1v) is 5.93. The predicted molar refractivity (Wildman–Crippen MR) is 33.7 cm³/mol. The van der Waals surface area contributed by atoms with Crippen molar-refractivity contribution in [1.82, 2.24) is 5.48 Å². The van der Waals surface area contributed by atoms with Gasteiger partial charge in [-0.25, -0.2) is 5.48 Å². The molecule has 0 saturated heterocycles. The maximum atomic E-state index is 10.5. The first-order valence-electron chi connectivity index (χ1n) is 2.43. The summed E-state index contributed by atoms with van der Waals surface area (Å²) in [6.45, 7) is 5.58. The van der Waals surface area contributed by atoms with Crippen LogP contribution < -0.4 is 5.48 Å². The molecule has 0 saturated carbocycles. The standard InChI is InChI=1S/C4H11NO2Si/c1-8(2,3)4(6)5-7/h7H,1-3H3,(H,5,6). The number of amides is 1. The molecule has 0 radical (unpaired) electrons. The first-order chi connectivity index (χ1) is 3.48. The third kappa shape index (κ3) is 2.09. The number of nitrogens with one attached hydrogen (secondary N) is 1. The zero-order valence-corrected chi connectivity index (χ0v) is 6.36. The molecular formula is C4H11NO2Si. The summed E-state index contributed by atoms with van der Waals surface area (Å²) in [6.07, 6.45) is 0. The lowest BCUT2D eigenvalue weighted by molar-refractivity contribution is 0.178. The van der Waals surface area contributed by atoms with Gasteiger partial charge in [-0.3, -0.25) is 10.0 Å². The van der Waals surface area contributed by atoms with Crippen LogP contribution in [0.15, 0.2) is 0 Å². The van der Waals surface area contributed by atoms with Crippen LogP contribution in [0, 0.1) is 0 Å². The van der Waals surface area contributed by atoms with Crippen molar-refractivity contribution in [2.75, 3.05) is 0 Å². The highest BCUT2D eigenvalue weighted by molar-refractivity contribution is 7.03. The molecule has 0 atom stereocenters. The van der Waals surface area contributed by atoms with Gasteiger partial charge in [-0.15, -0.1) is 0 Å². The highest BCUT2D eigenvalue weighted by Crippen LogP contribution is 1.99. The average Bonchev–Trinajstić information content (AvgIpc) is 1.62. The minimum absolute atomic E-state index is 0.225. The third-order valence-electron chi connectivity index (χ3n) is 0.783. The molecule has 0 aromatic rings. The molecule has 0 aromatic carbocycles. The van der Waals surface area contributed by atoms with Gasteiger partial charge in [0, 0.05) is 0 Å². The minimum Gasteiger partial charge on any atom is -0.289 e. The van der Waals surface area contributed by atoms with E-state index in [4.69, 9.17) is 5.21 Å². The smallest absolute Gasteiger partial charge is 0.214 e. The quantitative estimate of drug-likeness (QED) is 0.318. The zero-order valence-electron chi connectivity index (χ0n) is 5.36. The van der Waals surface area contributed by atoms with Crippen molar-refractivity contribution < 1.29 is 10.0 Å². The summed E-state index contributed by atoms with van der Waals surface area (Å²) in [6, 6.07) is 0. The lowest BCUT2D eigenvalue weighted by atomic mass is 11.4. The Labute approximate surface area is 49.7 Å². The van der Waals surface area contributed by atoms with Gasteiger partial charge in [0.2, 0.25) is 5.53 Å². The topological polar surface area (TPSA) is 49.3 Å². The number of hydrogen-bond donors (Lipinski definition) is 2. The highest BCUT2D eigenvalue weighted by atomic mass is 28.3. The maximum absolute atomic E-state index is 10.5. The van der Waals surface area contributed by atoms with Crippen LogP contribution in [0.2, 0.25) is 19.6 Å². The van der Waals surface area contributed by atoms with E-state index < -0.39 is 8.07 Å². The summed E-state index contributed by atoms with van der Waals surface area (Å²) in [4.78, 5) is 10.5. The van der Waals surface area contributed by atoms with Gasteiger partial charge in [0.15, 0.2) is 8.07 Å². The van der Waals surface area contributed by atoms with E-state index in [1.165, 1.54) is 0 Å². The van der Waals surface area contributed by atoms with E-state index >= 15 is 0 Å². The van der Waals surface area contributed by atoms with Gasteiger partial charge in [0.05, 0.1) is 0 Å². The number of hydrogen-bond acceptors (Lipinski definition) is 2. The van der Waals surface area contributed by atoms with Crippen molar-refractivity contribution in [1.29, 1.82) is 0 Å². The molecule has 4 heteroatoms. The van der Waals surface area contributed by atoms with Gasteiger partial charge in [-0.05, 0) is 0 Å². The molecule has 3 nitrogen and oxygen atoms in total. The Balaban J connectivity index is 3.82. The Kier molecular flexibility index (Phi) is 2.18. The number of carbonyl (C=O) groups excluding carboxylic acids is 1. The van der Waals surface area contributed by atoms with Crippen LogP contribution in [-0.2, 0) is 0 Å². The van der Waals surface area contributed by atoms with Crippen LogP contribution in [0.5, 0.6) is 0 Å². The Morgan fingerprint density at radius 2 is 1.88 bits per heavy atom. The normalized spacial score (nSPS) is 11.0. The van der Waals surface area contributed by atoms with Crippen molar-refractivity contribution in [2.45, 2.75) is 19.6 Å². The first kappa shape index (κ1) is 7.65. The molecule has 2 N–H and O–H groups in total. The summed E-state index contributed by atoms with van der Waals surface area (Å²) in [5.74, 6) is 0. The summed E-state index contributed by atoms with van der Waals surface area (Å²) in [5.41, 5.74) is 1.40. The molecule has 0 aliphatic carbocycles. The molecule has 0 unspecified atom stereocenters. The lowest BCUT2D eigenvalue weighted by Crippen LogP contribution is -2.40. The van der Waals surface area contributed by atoms with Crippen molar-refractivity contribution >= 4 is 13.6 Å². The second-order valence-corrected chi connectivity index (χ2v) is 7.65. The van der Waals surface area contributed by atoms with Crippen LogP contribution in [0.3, 0.4) is 0 Å². The van der Waals surface area contributed by atoms with Crippen molar-refractivity contribution in [3.63, 3.8) is 0 Å². The summed E-state index contributed by atoms with van der Waals surface area (Å²) in [7, 11) is -1.76. The Morgan fingerprint density at radius 1 is 1.50 bits per heavy atom. The van der Waals surface area contributed by atoms with Crippen LogP contribution in [-0.4, -0.2) is 18.8 Å². The zero-order chi connectivity index (χ0) is 6.78. The molecule has 48 valence electrons. The molecule has 0 aromatic heterocycles. The van der Waals surface area contributed by atoms with Gasteiger partial charge >= 0.3 is 0 Å². The van der Waals surface area contributed by atoms with Crippen LogP contribution in [0.4, 0.5) is 4.79 Å². The molecular weight excluding hydrogens is 122 g/mol. The molecule has 0 rings (SSSR count). The molecule has 0 spiro atoms. The lowest BCUT2D eigenvalue weighted by Gasteiger charge is -2.10. The molecule has 8 heavy (non-hydrogen) atoms. The van der Waals surface area contributed by atoms with E-state index in [0.29, 0.717) is 0 Å². The second kappa shape index (κ2) is 2.28. The van der Waals surface area contributed by atoms with E-state index in [2.05, 4.69) is 0 Å². The van der Waals surface area contributed by atoms with Gasteiger partial charge in [-0.1, -0.05) is 19.6 Å². The maximum Gasteiger partial charge on any atom is 0.214 e. The SMILES string of the molecule is C[Si](C)(C)C(=O)NO. The second-order valence-electron chi connectivity index (χ2n) is 2.69. The average molecular weight is 133 g/mol. The van der Waals surface area contributed by atoms with E-state index in [9.17, 15) is 4.79 Å². The van der Waals surface area contributed by atoms with Gasteiger partial charge < -0.3 is 0 Å². The fourth-order valence-corrected chi connectivity index (χ4v) is 0.503. The van der Waals surface area contributed by atoms with Crippen LogP contribution in [0.25, 0.3) is 0 Å². The van der Waals surface area contributed by atoms with Crippen LogP contribution >= 0.6 is 0 Å². The molecule has 0 heterocycles. The monoisotopic (exact) mass is 133 g/mol. The Morgan fingerprint density at radius 3 is 1.88 bits per heavy atom. The predicted octanol–water partition coefficient (Wildman–Crippen LogP) is 1.01. The molecule has 1 amide bonds. The largest absolute Gasteiger partial charge is 0.289 e. The fraction of sp³-hybridized carbons (Fsp3) is 0.750. The third-order valence-corrected chi connectivity index (χ3v) is 2.26. The van der Waals surface area contributed by atoms with E-state index in [0.717, 1.165) is 0 Å².